The van der Waals surface area contributed by atoms with Gasteiger partial charge < -0.3 is 14.6 Å². The van der Waals surface area contributed by atoms with E-state index < -0.39 is 0 Å². The zero-order chi connectivity index (χ0) is 19.1. The first kappa shape index (κ1) is 18.6. The van der Waals surface area contributed by atoms with Crippen molar-refractivity contribution >= 4 is 5.91 Å². The van der Waals surface area contributed by atoms with Crippen LogP contribution in [0.4, 0.5) is 0 Å². The second-order valence-electron chi connectivity index (χ2n) is 6.31. The molecule has 0 aliphatic rings. The van der Waals surface area contributed by atoms with Gasteiger partial charge in [-0.15, -0.1) is 0 Å². The predicted octanol–water partition coefficient (Wildman–Crippen LogP) is 3.01. The number of nitrogens with zero attached hydrogens (tertiary/aromatic N) is 3. The number of carbonyl (C=O) groups excluding carboxylic acids is 1. The summed E-state index contributed by atoms with van der Waals surface area (Å²) in [5.41, 5.74) is 3.15. The van der Waals surface area contributed by atoms with Crippen LogP contribution in [-0.2, 0) is 17.8 Å². The molecule has 0 radical (unpaired) electrons. The number of nitrogens with one attached hydrogen (secondary N) is 1. The molecule has 0 saturated carbocycles. The summed E-state index contributed by atoms with van der Waals surface area (Å²) in [5, 5.41) is 2.99. The summed E-state index contributed by atoms with van der Waals surface area (Å²) in [6, 6.07) is 11.7. The number of hydrogen-bond acceptors (Lipinski definition) is 4. The monoisotopic (exact) mass is 364 g/mol. The molecule has 0 unspecified atom stereocenters. The third-order valence-electron chi connectivity index (χ3n) is 4.43. The number of aromatic nitrogens is 3. The lowest BCUT2D eigenvalue weighted by Crippen LogP contribution is -2.27. The molecule has 6 nitrogen and oxygen atoms in total. The lowest BCUT2D eigenvalue weighted by molar-refractivity contribution is -0.121. The Labute approximate surface area is 159 Å². The second-order valence-corrected chi connectivity index (χ2v) is 6.31. The summed E-state index contributed by atoms with van der Waals surface area (Å²) >= 11 is 0. The molecule has 3 rings (SSSR count). The van der Waals surface area contributed by atoms with Crippen molar-refractivity contribution in [2.45, 2.75) is 26.3 Å². The van der Waals surface area contributed by atoms with Gasteiger partial charge in [0.2, 0.25) is 5.91 Å². The normalized spacial score (nSPS) is 10.6. The Morgan fingerprint density at radius 1 is 1.19 bits per heavy atom. The third kappa shape index (κ3) is 4.94. The van der Waals surface area contributed by atoms with Gasteiger partial charge in [-0.25, -0.2) is 4.98 Å². The number of rotatable bonds is 8. The maximum atomic E-state index is 12.1. The quantitative estimate of drug-likeness (QED) is 0.667. The van der Waals surface area contributed by atoms with Gasteiger partial charge in [-0.3, -0.25) is 9.78 Å². The Balaban J connectivity index is 1.49. The summed E-state index contributed by atoms with van der Waals surface area (Å²) in [6.45, 7) is 3.24. The van der Waals surface area contributed by atoms with Gasteiger partial charge in [-0.1, -0.05) is 12.1 Å². The summed E-state index contributed by atoms with van der Waals surface area (Å²) < 4.78 is 7.24. The van der Waals surface area contributed by atoms with Gasteiger partial charge >= 0.3 is 0 Å². The van der Waals surface area contributed by atoms with Crippen molar-refractivity contribution in [3.63, 3.8) is 0 Å². The van der Waals surface area contributed by atoms with Crippen LogP contribution in [0.5, 0.6) is 5.75 Å². The minimum absolute atomic E-state index is 0.0477. The Kier molecular flexibility index (Phi) is 6.20. The van der Waals surface area contributed by atoms with Gasteiger partial charge in [0, 0.05) is 49.4 Å². The number of benzene rings is 1. The minimum atomic E-state index is 0.0477. The minimum Gasteiger partial charge on any atom is -0.497 e. The van der Waals surface area contributed by atoms with Crippen LogP contribution in [-0.4, -0.2) is 34.1 Å². The van der Waals surface area contributed by atoms with Crippen molar-refractivity contribution < 1.29 is 9.53 Å². The van der Waals surface area contributed by atoms with Crippen LogP contribution in [0.2, 0.25) is 0 Å². The molecule has 0 aliphatic carbocycles. The molecule has 0 aliphatic heterocycles. The van der Waals surface area contributed by atoms with Crippen LogP contribution in [0.25, 0.3) is 11.4 Å². The summed E-state index contributed by atoms with van der Waals surface area (Å²) in [7, 11) is 1.64. The van der Waals surface area contributed by atoms with E-state index in [9.17, 15) is 4.79 Å². The maximum absolute atomic E-state index is 12.1. The standard InChI is InChI=1S/C21H24N4O2/c1-16-14-24-21(18-4-3-11-22-15-18)25(16)13-12-23-20(26)10-7-17-5-8-19(27-2)9-6-17/h3-6,8-9,11,14-15H,7,10,12-13H2,1-2H3,(H,23,26). The first-order valence-corrected chi connectivity index (χ1v) is 8.99. The van der Waals surface area contributed by atoms with E-state index in [1.54, 1.807) is 19.5 Å². The fraction of sp³-hybridized carbons (Fsp3) is 0.286. The summed E-state index contributed by atoms with van der Waals surface area (Å²) in [4.78, 5) is 20.8. The van der Waals surface area contributed by atoms with Gasteiger partial charge in [0.25, 0.3) is 0 Å². The van der Waals surface area contributed by atoms with Crippen molar-refractivity contribution in [3.8, 4) is 17.1 Å². The largest absolute Gasteiger partial charge is 0.497 e. The lowest BCUT2D eigenvalue weighted by atomic mass is 10.1. The molecule has 0 saturated heterocycles. The second kappa shape index (κ2) is 8.98. The molecule has 2 heterocycles. The zero-order valence-corrected chi connectivity index (χ0v) is 15.7. The average molecular weight is 364 g/mol. The van der Waals surface area contributed by atoms with E-state index in [2.05, 4.69) is 19.9 Å². The number of pyridine rings is 1. The molecular formula is C21H24N4O2. The molecule has 6 heteroatoms. The van der Waals surface area contributed by atoms with E-state index in [0.717, 1.165) is 28.4 Å². The number of carbonyl (C=O) groups is 1. The summed E-state index contributed by atoms with van der Waals surface area (Å²) in [5.74, 6) is 1.74. The van der Waals surface area contributed by atoms with Crippen LogP contribution in [0.3, 0.4) is 0 Å². The number of imidazole rings is 1. The summed E-state index contributed by atoms with van der Waals surface area (Å²) in [6.07, 6.45) is 6.55. The van der Waals surface area contributed by atoms with Crippen LogP contribution in [0, 0.1) is 6.92 Å². The van der Waals surface area contributed by atoms with E-state index in [1.807, 2.05) is 49.5 Å². The van der Waals surface area contributed by atoms with Crippen molar-refractivity contribution in [1.29, 1.82) is 0 Å². The van der Waals surface area contributed by atoms with E-state index in [0.29, 0.717) is 25.9 Å². The number of hydrogen-bond donors (Lipinski definition) is 1. The SMILES string of the molecule is COc1ccc(CCC(=O)NCCn2c(C)cnc2-c2cccnc2)cc1. The molecule has 0 spiro atoms. The smallest absolute Gasteiger partial charge is 0.220 e. The fourth-order valence-corrected chi connectivity index (χ4v) is 2.91. The van der Waals surface area contributed by atoms with Gasteiger partial charge in [-0.2, -0.15) is 0 Å². The lowest BCUT2D eigenvalue weighted by Gasteiger charge is -2.11. The fourth-order valence-electron chi connectivity index (χ4n) is 2.91. The van der Waals surface area contributed by atoms with Crippen LogP contribution >= 0.6 is 0 Å². The Morgan fingerprint density at radius 3 is 2.70 bits per heavy atom. The van der Waals surface area contributed by atoms with E-state index in [1.165, 1.54) is 0 Å². The molecular weight excluding hydrogens is 340 g/mol. The highest BCUT2D eigenvalue weighted by Gasteiger charge is 2.10. The number of ether oxygens (including phenoxy) is 1. The molecule has 1 amide bonds. The highest BCUT2D eigenvalue weighted by atomic mass is 16.5. The van der Waals surface area contributed by atoms with Crippen molar-refractivity contribution in [3.05, 3.63) is 66.2 Å². The molecule has 3 aromatic rings. The highest BCUT2D eigenvalue weighted by molar-refractivity contribution is 5.76. The van der Waals surface area contributed by atoms with E-state index >= 15 is 0 Å². The van der Waals surface area contributed by atoms with Gasteiger partial charge in [0.15, 0.2) is 0 Å². The van der Waals surface area contributed by atoms with Crippen molar-refractivity contribution in [1.82, 2.24) is 19.9 Å². The van der Waals surface area contributed by atoms with E-state index in [-0.39, 0.29) is 5.91 Å². The molecule has 140 valence electrons. The van der Waals surface area contributed by atoms with Crippen molar-refractivity contribution in [2.75, 3.05) is 13.7 Å². The molecule has 1 aromatic carbocycles. The highest BCUT2D eigenvalue weighted by Crippen LogP contribution is 2.18. The molecule has 0 atom stereocenters. The van der Waals surface area contributed by atoms with E-state index in [4.69, 9.17) is 4.74 Å². The number of aryl methyl sites for hydroxylation is 2. The van der Waals surface area contributed by atoms with Gasteiger partial charge in [0.05, 0.1) is 7.11 Å². The zero-order valence-electron chi connectivity index (χ0n) is 15.7. The third-order valence-corrected chi connectivity index (χ3v) is 4.43. The number of amides is 1. The Bertz CT molecular complexity index is 873. The predicted molar refractivity (Wildman–Crippen MR) is 105 cm³/mol. The topological polar surface area (TPSA) is 69.0 Å². The van der Waals surface area contributed by atoms with Crippen LogP contribution in [0.1, 0.15) is 17.7 Å². The Hall–Kier alpha value is -3.15. The van der Waals surface area contributed by atoms with Crippen molar-refractivity contribution in [2.24, 2.45) is 0 Å². The van der Waals surface area contributed by atoms with Gasteiger partial charge in [0.1, 0.15) is 11.6 Å². The molecule has 0 fully saturated rings. The first-order chi connectivity index (χ1) is 13.2. The van der Waals surface area contributed by atoms with Gasteiger partial charge in [-0.05, 0) is 43.2 Å². The average Bonchev–Trinajstić information content (AvgIpc) is 3.08. The molecule has 1 N–H and O–H groups in total. The van der Waals surface area contributed by atoms with Crippen LogP contribution in [0.15, 0.2) is 55.0 Å². The van der Waals surface area contributed by atoms with Crippen LogP contribution < -0.4 is 10.1 Å². The Morgan fingerprint density at radius 2 is 2.00 bits per heavy atom. The molecule has 0 bridgehead atoms. The first-order valence-electron chi connectivity index (χ1n) is 8.99. The molecule has 2 aromatic heterocycles. The number of methoxy groups -OCH3 is 1. The maximum Gasteiger partial charge on any atom is 0.220 e. The molecule has 27 heavy (non-hydrogen) atoms.